The van der Waals surface area contributed by atoms with E-state index in [0.29, 0.717) is 22.6 Å². The van der Waals surface area contributed by atoms with Crippen molar-refractivity contribution in [2.75, 3.05) is 14.2 Å². The van der Waals surface area contributed by atoms with Crippen LogP contribution in [-0.2, 0) is 30.7 Å². The molecule has 0 atom stereocenters. The summed E-state index contributed by atoms with van der Waals surface area (Å²) in [5.41, 5.74) is 6.66. The minimum Gasteiger partial charge on any atom is -0.399 e. The molecule has 0 spiro atoms. The first-order valence-electron chi connectivity index (χ1n) is 7.91. The molecule has 2 amide bonds. The van der Waals surface area contributed by atoms with Crippen molar-refractivity contribution >= 4 is 28.9 Å². The first kappa shape index (κ1) is 21.6. The lowest BCUT2D eigenvalue weighted by Crippen LogP contribution is -2.44. The van der Waals surface area contributed by atoms with E-state index >= 15 is 0 Å². The number of carbonyl (C=O) groups is 2. The summed E-state index contributed by atoms with van der Waals surface area (Å²) < 4.78 is 0. The number of nitrogens with zero attached hydrogens (tertiary/aromatic N) is 3. The molecular weight excluding hydrogens is 354 g/mol. The van der Waals surface area contributed by atoms with E-state index in [4.69, 9.17) is 9.68 Å². The molecule has 0 aromatic heterocycles. The molecule has 0 aliphatic carbocycles. The minimum atomic E-state index is -0.637. The van der Waals surface area contributed by atoms with Gasteiger partial charge < -0.3 is 14.5 Å². The lowest BCUT2D eigenvalue weighted by molar-refractivity contribution is -0.124. The van der Waals surface area contributed by atoms with E-state index in [0.717, 1.165) is 0 Å². The van der Waals surface area contributed by atoms with Gasteiger partial charge in [0.15, 0.2) is 5.71 Å². The van der Waals surface area contributed by atoms with Gasteiger partial charge in [0.1, 0.15) is 32.2 Å². The van der Waals surface area contributed by atoms with Crippen LogP contribution in [0.3, 0.4) is 0 Å². The Bertz CT molecular complexity index is 758. The van der Waals surface area contributed by atoms with Gasteiger partial charge in [0.2, 0.25) is 5.91 Å². The molecule has 1 aromatic carbocycles. The standard InChI is InChI=1S/C17H23N5O5/c1-11(20-25-4)12(2)21-27-10-14-8-6-7-9-15(14)16(22-26-5)17(24)19-18-13(3)23/h6-9H,10H2,1-5H3,(H,18,23)(H,19,24)/b20-11-,21-12-,22-16-. The second-order valence-corrected chi connectivity index (χ2v) is 5.22. The number of benzene rings is 1. The third-order valence-electron chi connectivity index (χ3n) is 3.20. The molecule has 0 unspecified atom stereocenters. The van der Waals surface area contributed by atoms with E-state index in [1.54, 1.807) is 38.1 Å². The zero-order valence-corrected chi connectivity index (χ0v) is 15.9. The Balaban J connectivity index is 3.00. The van der Waals surface area contributed by atoms with Crippen molar-refractivity contribution in [1.82, 2.24) is 10.9 Å². The van der Waals surface area contributed by atoms with Crippen molar-refractivity contribution < 1.29 is 24.1 Å². The summed E-state index contributed by atoms with van der Waals surface area (Å²) in [6.45, 7) is 4.80. The zero-order valence-electron chi connectivity index (χ0n) is 15.9. The highest BCUT2D eigenvalue weighted by atomic mass is 16.6. The van der Waals surface area contributed by atoms with E-state index in [1.807, 2.05) is 0 Å². The molecule has 1 aromatic rings. The monoisotopic (exact) mass is 377 g/mol. The third-order valence-corrected chi connectivity index (χ3v) is 3.20. The van der Waals surface area contributed by atoms with Crippen LogP contribution in [-0.4, -0.2) is 43.2 Å². The largest absolute Gasteiger partial charge is 0.399 e. The third kappa shape index (κ3) is 7.14. The minimum absolute atomic E-state index is 0.0247. The Morgan fingerprint density at radius 2 is 1.56 bits per heavy atom. The molecule has 0 heterocycles. The van der Waals surface area contributed by atoms with Gasteiger partial charge >= 0.3 is 0 Å². The second kappa shape index (κ2) is 11.2. The summed E-state index contributed by atoms with van der Waals surface area (Å²) in [6, 6.07) is 6.96. The van der Waals surface area contributed by atoms with E-state index in [9.17, 15) is 9.59 Å². The van der Waals surface area contributed by atoms with Gasteiger partial charge in [-0.05, 0) is 13.8 Å². The van der Waals surface area contributed by atoms with Gasteiger partial charge in [0, 0.05) is 18.1 Å². The molecule has 146 valence electrons. The Labute approximate surface area is 157 Å². The van der Waals surface area contributed by atoms with Gasteiger partial charge in [0.05, 0.1) is 0 Å². The van der Waals surface area contributed by atoms with E-state index < -0.39 is 11.8 Å². The predicted molar refractivity (Wildman–Crippen MR) is 100.0 cm³/mol. The number of nitrogens with one attached hydrogen (secondary N) is 2. The van der Waals surface area contributed by atoms with Crippen LogP contribution in [0.4, 0.5) is 0 Å². The zero-order chi connectivity index (χ0) is 20.2. The van der Waals surface area contributed by atoms with Crippen molar-refractivity contribution in [3.8, 4) is 0 Å². The molecule has 10 nitrogen and oxygen atoms in total. The summed E-state index contributed by atoms with van der Waals surface area (Å²) in [6.07, 6.45) is 0. The van der Waals surface area contributed by atoms with Crippen LogP contribution in [0.2, 0.25) is 0 Å². The maximum Gasteiger partial charge on any atom is 0.292 e. The number of hydrazine groups is 1. The SMILES string of the molecule is CO/N=C(C)\C(C)=N/OCc1ccccc1/C(=N/OC)C(=O)NNC(C)=O. The Morgan fingerprint density at radius 3 is 2.19 bits per heavy atom. The van der Waals surface area contributed by atoms with E-state index in [1.165, 1.54) is 21.1 Å². The lowest BCUT2D eigenvalue weighted by atomic mass is 10.0. The number of amides is 2. The molecule has 0 saturated carbocycles. The van der Waals surface area contributed by atoms with Crippen molar-refractivity contribution in [2.45, 2.75) is 27.4 Å². The summed E-state index contributed by atoms with van der Waals surface area (Å²) in [5, 5.41) is 11.5. The van der Waals surface area contributed by atoms with Crippen LogP contribution in [0, 0.1) is 0 Å². The van der Waals surface area contributed by atoms with Gasteiger partial charge in [-0.2, -0.15) is 0 Å². The summed E-state index contributed by atoms with van der Waals surface area (Å²) in [4.78, 5) is 38.1. The first-order valence-corrected chi connectivity index (χ1v) is 7.91. The van der Waals surface area contributed by atoms with Gasteiger partial charge in [0.25, 0.3) is 5.91 Å². The van der Waals surface area contributed by atoms with E-state index in [-0.39, 0.29) is 12.3 Å². The quantitative estimate of drug-likeness (QED) is 0.519. The molecule has 0 aliphatic heterocycles. The van der Waals surface area contributed by atoms with Gasteiger partial charge in [-0.25, -0.2) is 0 Å². The maximum atomic E-state index is 12.3. The van der Waals surface area contributed by atoms with Crippen LogP contribution in [0.5, 0.6) is 0 Å². The Kier molecular flexibility index (Phi) is 8.99. The first-order chi connectivity index (χ1) is 12.9. The summed E-state index contributed by atoms with van der Waals surface area (Å²) >= 11 is 0. The van der Waals surface area contributed by atoms with E-state index in [2.05, 4.69) is 31.2 Å². The molecule has 10 heteroatoms. The number of rotatable bonds is 8. The average Bonchev–Trinajstić information content (AvgIpc) is 2.64. The highest BCUT2D eigenvalue weighted by molar-refractivity contribution is 6.45. The van der Waals surface area contributed by atoms with Crippen molar-refractivity contribution in [3.63, 3.8) is 0 Å². The fourth-order valence-electron chi connectivity index (χ4n) is 1.85. The number of carbonyl (C=O) groups excluding carboxylic acids is 2. The van der Waals surface area contributed by atoms with Gasteiger partial charge in [-0.15, -0.1) is 0 Å². The molecule has 0 bridgehead atoms. The molecule has 1 rings (SSSR count). The van der Waals surface area contributed by atoms with Crippen LogP contribution >= 0.6 is 0 Å². The van der Waals surface area contributed by atoms with Crippen LogP contribution in [0.25, 0.3) is 0 Å². The van der Waals surface area contributed by atoms with Gasteiger partial charge in [-0.1, -0.05) is 39.7 Å². The van der Waals surface area contributed by atoms with Gasteiger partial charge in [-0.3, -0.25) is 20.4 Å². The fourth-order valence-corrected chi connectivity index (χ4v) is 1.85. The van der Waals surface area contributed by atoms with Crippen LogP contribution < -0.4 is 10.9 Å². The number of hydrogen-bond donors (Lipinski definition) is 2. The van der Waals surface area contributed by atoms with Crippen molar-refractivity contribution in [3.05, 3.63) is 35.4 Å². The average molecular weight is 377 g/mol. The predicted octanol–water partition coefficient (Wildman–Crippen LogP) is 1.12. The normalized spacial score (nSPS) is 12.3. The highest BCUT2D eigenvalue weighted by Crippen LogP contribution is 2.13. The van der Waals surface area contributed by atoms with Crippen LogP contribution in [0.15, 0.2) is 39.7 Å². The molecule has 2 N–H and O–H groups in total. The lowest BCUT2D eigenvalue weighted by Gasteiger charge is -2.11. The summed E-state index contributed by atoms with van der Waals surface area (Å²) in [5.74, 6) is -1.06. The number of hydrogen-bond acceptors (Lipinski definition) is 8. The van der Waals surface area contributed by atoms with Crippen molar-refractivity contribution in [1.29, 1.82) is 0 Å². The second-order valence-electron chi connectivity index (χ2n) is 5.22. The Hall–Kier alpha value is -3.43. The molecule has 0 fully saturated rings. The molecule has 0 saturated heterocycles. The van der Waals surface area contributed by atoms with Crippen LogP contribution in [0.1, 0.15) is 31.9 Å². The molecular formula is C17H23N5O5. The molecule has 27 heavy (non-hydrogen) atoms. The molecule has 0 aliphatic rings. The smallest absolute Gasteiger partial charge is 0.292 e. The topological polar surface area (TPSA) is 123 Å². The highest BCUT2D eigenvalue weighted by Gasteiger charge is 2.19. The van der Waals surface area contributed by atoms with Crippen molar-refractivity contribution in [2.24, 2.45) is 15.5 Å². The fraction of sp³-hybridized carbons (Fsp3) is 0.353. The maximum absolute atomic E-state index is 12.3. The Morgan fingerprint density at radius 1 is 0.926 bits per heavy atom. The number of oxime groups is 3. The summed E-state index contributed by atoms with van der Waals surface area (Å²) in [7, 11) is 2.76. The molecule has 0 radical (unpaired) electrons.